The van der Waals surface area contributed by atoms with Crippen molar-refractivity contribution >= 4 is 21.9 Å². The van der Waals surface area contributed by atoms with E-state index >= 15 is 0 Å². The molecule has 0 aliphatic heterocycles. The molecule has 5 nitrogen and oxygen atoms in total. The van der Waals surface area contributed by atoms with Crippen LogP contribution in [0.15, 0.2) is 21.5 Å². The number of aromatic nitrogens is 1. The standard InChI is InChI=1S/C13H16BrNO4/c1-15-7-10(14)11(6-12(15)16)19-9-4-2-8(3-5-9)13(17)18/h6-9H,2-5H2,1H3,(H,17,18). The van der Waals surface area contributed by atoms with E-state index in [1.807, 2.05) is 0 Å². The third-order valence-electron chi connectivity index (χ3n) is 3.46. The number of nitrogens with zero attached hydrogens (tertiary/aromatic N) is 1. The molecule has 1 aliphatic rings. The molecule has 1 fully saturated rings. The Morgan fingerprint density at radius 1 is 1.42 bits per heavy atom. The first-order valence-corrected chi connectivity index (χ1v) is 7.02. The zero-order valence-corrected chi connectivity index (χ0v) is 12.2. The van der Waals surface area contributed by atoms with E-state index in [0.717, 1.165) is 4.47 Å². The van der Waals surface area contributed by atoms with Gasteiger partial charge in [-0.05, 0) is 41.6 Å². The summed E-state index contributed by atoms with van der Waals surface area (Å²) in [5.41, 5.74) is -0.127. The molecule has 0 aromatic carbocycles. The lowest BCUT2D eigenvalue weighted by Gasteiger charge is -2.27. The van der Waals surface area contributed by atoms with Crippen LogP contribution in [0.25, 0.3) is 0 Å². The Kier molecular flexibility index (Phi) is 4.29. The Balaban J connectivity index is 2.02. The summed E-state index contributed by atoms with van der Waals surface area (Å²) in [5.74, 6) is -0.456. The van der Waals surface area contributed by atoms with E-state index in [1.54, 1.807) is 13.2 Å². The molecule has 0 unspecified atom stereocenters. The van der Waals surface area contributed by atoms with Gasteiger partial charge in [0.05, 0.1) is 16.5 Å². The van der Waals surface area contributed by atoms with E-state index in [1.165, 1.54) is 10.6 Å². The summed E-state index contributed by atoms with van der Waals surface area (Å²) in [6.07, 6.45) is 4.32. The van der Waals surface area contributed by atoms with Crippen LogP contribution < -0.4 is 10.3 Å². The Bertz CT molecular complexity index is 532. The minimum absolute atomic E-state index is 0.0148. The van der Waals surface area contributed by atoms with Crippen LogP contribution in [0, 0.1) is 5.92 Å². The number of aliphatic carboxylic acids is 1. The summed E-state index contributed by atoms with van der Waals surface area (Å²) in [4.78, 5) is 22.4. The summed E-state index contributed by atoms with van der Waals surface area (Å²) in [6.45, 7) is 0. The lowest BCUT2D eigenvalue weighted by molar-refractivity contribution is -0.143. The highest BCUT2D eigenvalue weighted by atomic mass is 79.9. The summed E-state index contributed by atoms with van der Waals surface area (Å²) >= 11 is 3.36. The molecule has 1 aromatic rings. The number of carbonyl (C=O) groups is 1. The lowest BCUT2D eigenvalue weighted by atomic mass is 9.87. The maximum absolute atomic E-state index is 11.6. The van der Waals surface area contributed by atoms with Gasteiger partial charge in [-0.15, -0.1) is 0 Å². The number of carboxylic acid groups (broad SMARTS) is 1. The maximum Gasteiger partial charge on any atom is 0.306 e. The number of halogens is 1. The number of carboxylic acids is 1. The summed E-state index contributed by atoms with van der Waals surface area (Å²) in [5, 5.41) is 8.93. The summed E-state index contributed by atoms with van der Waals surface area (Å²) < 4.78 is 8.00. The minimum atomic E-state index is -0.729. The first-order chi connectivity index (χ1) is 8.97. The van der Waals surface area contributed by atoms with Crippen LogP contribution in [0.2, 0.25) is 0 Å². The second-order valence-corrected chi connectivity index (χ2v) is 5.72. The molecule has 19 heavy (non-hydrogen) atoms. The number of ether oxygens (including phenoxy) is 1. The van der Waals surface area contributed by atoms with Crippen LogP contribution in [0.1, 0.15) is 25.7 Å². The van der Waals surface area contributed by atoms with Gasteiger partial charge in [0, 0.05) is 19.3 Å². The molecule has 0 saturated heterocycles. The van der Waals surface area contributed by atoms with Crippen molar-refractivity contribution in [1.29, 1.82) is 0 Å². The van der Waals surface area contributed by atoms with Crippen LogP contribution >= 0.6 is 15.9 Å². The van der Waals surface area contributed by atoms with Crippen LogP contribution in [0.3, 0.4) is 0 Å². The molecule has 0 spiro atoms. The monoisotopic (exact) mass is 329 g/mol. The van der Waals surface area contributed by atoms with E-state index < -0.39 is 5.97 Å². The molecule has 1 heterocycles. The Labute approximate surface area is 119 Å². The highest BCUT2D eigenvalue weighted by Crippen LogP contribution is 2.30. The molecule has 104 valence electrons. The quantitative estimate of drug-likeness (QED) is 0.922. The maximum atomic E-state index is 11.6. The van der Waals surface area contributed by atoms with Crippen LogP contribution in [0.5, 0.6) is 5.75 Å². The van der Waals surface area contributed by atoms with Crippen molar-refractivity contribution in [1.82, 2.24) is 4.57 Å². The molecule has 1 N–H and O–H groups in total. The molecular formula is C13H16BrNO4. The Morgan fingerprint density at radius 2 is 2.05 bits per heavy atom. The number of rotatable bonds is 3. The summed E-state index contributed by atoms with van der Waals surface area (Å²) in [7, 11) is 1.68. The first-order valence-electron chi connectivity index (χ1n) is 6.23. The van der Waals surface area contributed by atoms with Crippen molar-refractivity contribution in [3.05, 3.63) is 27.1 Å². The highest BCUT2D eigenvalue weighted by molar-refractivity contribution is 9.10. The van der Waals surface area contributed by atoms with Crippen molar-refractivity contribution in [3.8, 4) is 5.75 Å². The van der Waals surface area contributed by atoms with E-state index in [2.05, 4.69) is 15.9 Å². The molecule has 0 bridgehead atoms. The predicted octanol–water partition coefficient (Wildman–Crippen LogP) is 2.17. The van der Waals surface area contributed by atoms with Gasteiger partial charge in [-0.1, -0.05) is 0 Å². The number of hydrogen-bond acceptors (Lipinski definition) is 3. The van der Waals surface area contributed by atoms with Crippen LogP contribution in [-0.4, -0.2) is 21.7 Å². The topological polar surface area (TPSA) is 68.5 Å². The summed E-state index contributed by atoms with van der Waals surface area (Å²) in [6, 6.07) is 1.45. The zero-order chi connectivity index (χ0) is 14.0. The van der Waals surface area contributed by atoms with E-state index in [9.17, 15) is 9.59 Å². The van der Waals surface area contributed by atoms with Crippen molar-refractivity contribution in [2.45, 2.75) is 31.8 Å². The fourth-order valence-corrected chi connectivity index (χ4v) is 2.79. The molecule has 2 rings (SSSR count). The fourth-order valence-electron chi connectivity index (χ4n) is 2.28. The SMILES string of the molecule is Cn1cc(Br)c(OC2CCC(C(=O)O)CC2)cc1=O. The molecule has 1 saturated carbocycles. The Hall–Kier alpha value is -1.30. The van der Waals surface area contributed by atoms with Gasteiger partial charge in [-0.2, -0.15) is 0 Å². The van der Waals surface area contributed by atoms with E-state index in [4.69, 9.17) is 9.84 Å². The van der Waals surface area contributed by atoms with Crippen molar-refractivity contribution in [2.24, 2.45) is 13.0 Å². The van der Waals surface area contributed by atoms with Gasteiger partial charge in [0.15, 0.2) is 0 Å². The number of aryl methyl sites for hydroxylation is 1. The third kappa shape index (κ3) is 3.37. The Morgan fingerprint density at radius 3 is 2.63 bits per heavy atom. The first kappa shape index (κ1) is 14.1. The van der Waals surface area contributed by atoms with E-state index in [0.29, 0.717) is 31.4 Å². The number of hydrogen-bond donors (Lipinski definition) is 1. The molecule has 6 heteroatoms. The molecule has 1 aromatic heterocycles. The highest BCUT2D eigenvalue weighted by Gasteiger charge is 2.27. The lowest BCUT2D eigenvalue weighted by Crippen LogP contribution is -2.28. The van der Waals surface area contributed by atoms with Crippen LogP contribution in [0.4, 0.5) is 0 Å². The van der Waals surface area contributed by atoms with Crippen LogP contribution in [-0.2, 0) is 11.8 Å². The van der Waals surface area contributed by atoms with Gasteiger partial charge in [-0.25, -0.2) is 0 Å². The molecule has 1 aliphatic carbocycles. The van der Waals surface area contributed by atoms with Gasteiger partial charge in [0.1, 0.15) is 5.75 Å². The van der Waals surface area contributed by atoms with Crippen molar-refractivity contribution in [2.75, 3.05) is 0 Å². The average Bonchev–Trinajstić information content (AvgIpc) is 2.36. The zero-order valence-electron chi connectivity index (χ0n) is 10.6. The van der Waals surface area contributed by atoms with Gasteiger partial charge >= 0.3 is 5.97 Å². The molecule has 0 radical (unpaired) electrons. The second-order valence-electron chi connectivity index (χ2n) is 4.86. The molecule has 0 atom stereocenters. The average molecular weight is 330 g/mol. The smallest absolute Gasteiger partial charge is 0.306 e. The predicted molar refractivity (Wildman–Crippen MR) is 73.4 cm³/mol. The molecule has 0 amide bonds. The van der Waals surface area contributed by atoms with Crippen molar-refractivity contribution in [3.63, 3.8) is 0 Å². The molecular weight excluding hydrogens is 314 g/mol. The normalized spacial score (nSPS) is 23.1. The van der Waals surface area contributed by atoms with Crippen molar-refractivity contribution < 1.29 is 14.6 Å². The van der Waals surface area contributed by atoms with E-state index in [-0.39, 0.29) is 17.6 Å². The number of pyridine rings is 1. The largest absolute Gasteiger partial charge is 0.489 e. The third-order valence-corrected chi connectivity index (χ3v) is 4.06. The fraction of sp³-hybridized carbons (Fsp3) is 0.538. The van der Waals surface area contributed by atoms with Gasteiger partial charge in [-0.3, -0.25) is 9.59 Å². The van der Waals surface area contributed by atoms with Gasteiger partial charge in [0.2, 0.25) is 0 Å². The minimum Gasteiger partial charge on any atom is -0.489 e. The van der Waals surface area contributed by atoms with Gasteiger partial charge in [0.25, 0.3) is 5.56 Å². The van der Waals surface area contributed by atoms with Gasteiger partial charge < -0.3 is 14.4 Å². The second kappa shape index (κ2) is 5.77.